The number of hydrogen-bond donors (Lipinski definition) is 1. The molecule has 0 bridgehead atoms. The highest BCUT2D eigenvalue weighted by Gasteiger charge is 2.56. The number of imide groups is 1. The van der Waals surface area contributed by atoms with Gasteiger partial charge in [0.2, 0.25) is 11.8 Å². The first-order chi connectivity index (χ1) is 19.0. The van der Waals surface area contributed by atoms with E-state index in [1.165, 1.54) is 21.6 Å². The molecule has 5 heteroatoms. The number of carbonyl (C=O) groups excluding carboxylic acids is 2. The summed E-state index contributed by atoms with van der Waals surface area (Å²) in [7, 11) is 0. The minimum atomic E-state index is -0.338. The molecule has 2 fully saturated rings. The lowest BCUT2D eigenvalue weighted by atomic mass is 9.70. The number of nitrogens with zero attached hydrogens (tertiary/aromatic N) is 1. The van der Waals surface area contributed by atoms with Gasteiger partial charge in [-0.25, -0.2) is 0 Å². The van der Waals surface area contributed by atoms with Crippen LogP contribution in [0.15, 0.2) is 83.4 Å². The number of ether oxygens (including phenoxy) is 1. The van der Waals surface area contributed by atoms with E-state index >= 15 is 0 Å². The predicted octanol–water partition coefficient (Wildman–Crippen LogP) is 7.05. The standard InChI is InChI=1S/C34H35NO4/c1-3-9-22(19-23-15-16-29(36)26-13-8-7-12-25(23)26)14-17-30-31-21(2)18-27-32(28(31)20-39-30)34(38)35(33(27)37)24-10-5-4-6-11-24/h4-8,10-13,15-16,19,27-28,30,32,36H,3,9,14,17-18,20H2,1-2H3/b22-19+/t27-,28+,30-,32-/m1/s1. The van der Waals surface area contributed by atoms with Gasteiger partial charge in [0.05, 0.1) is 30.2 Å². The maximum Gasteiger partial charge on any atom is 0.238 e. The topological polar surface area (TPSA) is 66.8 Å². The fourth-order valence-electron chi connectivity index (χ4n) is 7.02. The van der Waals surface area contributed by atoms with Crippen LogP contribution in [0, 0.1) is 17.8 Å². The van der Waals surface area contributed by atoms with Gasteiger partial charge in [-0.15, -0.1) is 0 Å². The maximum absolute atomic E-state index is 13.6. The SMILES string of the molecule is CCC/C(=C\c1ccc(O)c2ccccc12)CC[C@H]1OC[C@H]2C1=C(C)C[C@H]1C(=O)N(c3ccccc3)C(=O)[C@H]12. The summed E-state index contributed by atoms with van der Waals surface area (Å²) in [4.78, 5) is 28.4. The van der Waals surface area contributed by atoms with E-state index in [2.05, 4.69) is 26.0 Å². The zero-order chi connectivity index (χ0) is 27.1. The molecule has 5 nitrogen and oxygen atoms in total. The minimum absolute atomic E-state index is 0.0264. The summed E-state index contributed by atoms with van der Waals surface area (Å²) in [5.74, 6) is -0.524. The molecule has 3 aromatic carbocycles. The summed E-state index contributed by atoms with van der Waals surface area (Å²) in [5, 5.41) is 12.2. The van der Waals surface area contributed by atoms with Gasteiger partial charge in [0.25, 0.3) is 0 Å². The third-order valence-corrected chi connectivity index (χ3v) is 8.76. The van der Waals surface area contributed by atoms with Gasteiger partial charge in [0.1, 0.15) is 5.75 Å². The summed E-state index contributed by atoms with van der Waals surface area (Å²) < 4.78 is 6.37. The van der Waals surface area contributed by atoms with Crippen molar-refractivity contribution in [3.05, 3.63) is 89.0 Å². The van der Waals surface area contributed by atoms with Crippen molar-refractivity contribution in [1.29, 1.82) is 0 Å². The van der Waals surface area contributed by atoms with Gasteiger partial charge in [-0.2, -0.15) is 0 Å². The van der Waals surface area contributed by atoms with Crippen molar-refractivity contribution in [3.63, 3.8) is 0 Å². The van der Waals surface area contributed by atoms with E-state index in [9.17, 15) is 14.7 Å². The van der Waals surface area contributed by atoms with Crippen LogP contribution < -0.4 is 4.90 Å². The van der Waals surface area contributed by atoms with Crippen LogP contribution in [-0.2, 0) is 14.3 Å². The van der Waals surface area contributed by atoms with Gasteiger partial charge in [-0.3, -0.25) is 14.5 Å². The second-order valence-electron chi connectivity index (χ2n) is 11.2. The Morgan fingerprint density at radius 2 is 1.69 bits per heavy atom. The minimum Gasteiger partial charge on any atom is -0.507 e. The van der Waals surface area contributed by atoms with Crippen LogP contribution in [0.5, 0.6) is 5.75 Å². The lowest BCUT2D eigenvalue weighted by molar-refractivity contribution is -0.122. The molecule has 2 amide bonds. The molecular weight excluding hydrogens is 486 g/mol. The van der Waals surface area contributed by atoms with Crippen LogP contribution in [0.2, 0.25) is 0 Å². The smallest absolute Gasteiger partial charge is 0.238 e. The summed E-state index contributed by atoms with van der Waals surface area (Å²) in [6, 6.07) is 21.0. The van der Waals surface area contributed by atoms with Gasteiger partial charge in [-0.1, -0.05) is 79.1 Å². The molecule has 200 valence electrons. The van der Waals surface area contributed by atoms with E-state index < -0.39 is 0 Å². The summed E-state index contributed by atoms with van der Waals surface area (Å²) in [6.45, 7) is 4.81. The quantitative estimate of drug-likeness (QED) is 0.267. The van der Waals surface area contributed by atoms with E-state index in [4.69, 9.17) is 4.74 Å². The van der Waals surface area contributed by atoms with Gasteiger partial charge in [0.15, 0.2) is 0 Å². The number of carbonyl (C=O) groups is 2. The number of para-hydroxylation sites is 1. The van der Waals surface area contributed by atoms with Crippen LogP contribution in [-0.4, -0.2) is 29.6 Å². The lowest BCUT2D eigenvalue weighted by Gasteiger charge is -2.30. The average molecular weight is 522 g/mol. The highest BCUT2D eigenvalue weighted by molar-refractivity contribution is 6.22. The van der Waals surface area contributed by atoms with Gasteiger partial charge in [-0.05, 0) is 67.3 Å². The molecular formula is C34H35NO4. The van der Waals surface area contributed by atoms with Crippen LogP contribution in [0.3, 0.4) is 0 Å². The number of benzene rings is 3. The number of hydrogen-bond acceptors (Lipinski definition) is 4. The molecule has 0 unspecified atom stereocenters. The average Bonchev–Trinajstić information content (AvgIpc) is 3.48. The molecule has 2 aliphatic heterocycles. The predicted molar refractivity (Wildman–Crippen MR) is 154 cm³/mol. The molecule has 1 N–H and O–H groups in total. The van der Waals surface area contributed by atoms with E-state index in [0.717, 1.165) is 42.0 Å². The van der Waals surface area contributed by atoms with E-state index in [1.54, 1.807) is 6.07 Å². The Labute approximate surface area is 229 Å². The van der Waals surface area contributed by atoms with Crippen LogP contribution >= 0.6 is 0 Å². The van der Waals surface area contributed by atoms with Crippen molar-refractivity contribution in [2.45, 2.75) is 52.1 Å². The third kappa shape index (κ3) is 4.49. The first-order valence-corrected chi connectivity index (χ1v) is 14.1. The van der Waals surface area contributed by atoms with Crippen molar-refractivity contribution < 1.29 is 19.4 Å². The van der Waals surface area contributed by atoms with Gasteiger partial charge in [0, 0.05) is 11.3 Å². The Hall–Kier alpha value is -3.70. The molecule has 0 saturated carbocycles. The molecule has 6 rings (SSSR count). The molecule has 4 atom stereocenters. The number of fused-ring (bicyclic) bond motifs is 4. The Balaban J connectivity index is 1.23. The number of aromatic hydroxyl groups is 1. The third-order valence-electron chi connectivity index (χ3n) is 8.76. The fraction of sp³-hybridized carbons (Fsp3) is 0.353. The molecule has 2 saturated heterocycles. The Bertz CT molecular complexity index is 1490. The molecule has 1 aliphatic carbocycles. The number of phenols is 1. The molecule has 2 heterocycles. The van der Waals surface area contributed by atoms with Crippen LogP contribution in [0.1, 0.15) is 51.5 Å². The zero-order valence-electron chi connectivity index (χ0n) is 22.6. The van der Waals surface area contributed by atoms with Crippen molar-refractivity contribution in [1.82, 2.24) is 0 Å². The number of allylic oxidation sites excluding steroid dienone is 2. The van der Waals surface area contributed by atoms with Crippen molar-refractivity contribution >= 4 is 34.4 Å². The normalized spacial score (nSPS) is 25.0. The second kappa shape index (κ2) is 10.5. The molecule has 39 heavy (non-hydrogen) atoms. The maximum atomic E-state index is 13.6. The van der Waals surface area contributed by atoms with Crippen molar-refractivity contribution in [2.24, 2.45) is 17.8 Å². The largest absolute Gasteiger partial charge is 0.507 e. The molecule has 0 radical (unpaired) electrons. The number of phenolic OH excluding ortho intramolecular Hbond substituents is 1. The second-order valence-corrected chi connectivity index (χ2v) is 11.2. The Morgan fingerprint density at radius 3 is 2.46 bits per heavy atom. The van der Waals surface area contributed by atoms with Crippen LogP contribution in [0.4, 0.5) is 5.69 Å². The zero-order valence-corrected chi connectivity index (χ0v) is 22.6. The fourth-order valence-corrected chi connectivity index (χ4v) is 7.02. The Kier molecular flexibility index (Phi) is 6.86. The molecule has 3 aromatic rings. The summed E-state index contributed by atoms with van der Waals surface area (Å²) >= 11 is 0. The number of anilines is 1. The monoisotopic (exact) mass is 521 g/mol. The highest BCUT2D eigenvalue weighted by atomic mass is 16.5. The first kappa shape index (κ1) is 25.6. The van der Waals surface area contributed by atoms with Crippen LogP contribution in [0.25, 0.3) is 16.8 Å². The number of amides is 2. The first-order valence-electron chi connectivity index (χ1n) is 14.1. The van der Waals surface area contributed by atoms with Gasteiger partial charge < -0.3 is 9.84 Å². The summed E-state index contributed by atoms with van der Waals surface area (Å²) in [6.07, 6.45) is 6.66. The molecule has 3 aliphatic rings. The highest BCUT2D eigenvalue weighted by Crippen LogP contribution is 2.50. The van der Waals surface area contributed by atoms with Gasteiger partial charge >= 0.3 is 0 Å². The summed E-state index contributed by atoms with van der Waals surface area (Å²) in [5.41, 5.74) is 5.59. The van der Waals surface area contributed by atoms with Crippen molar-refractivity contribution in [3.8, 4) is 5.75 Å². The van der Waals surface area contributed by atoms with E-state index in [0.29, 0.717) is 24.5 Å². The molecule has 0 spiro atoms. The Morgan fingerprint density at radius 1 is 0.949 bits per heavy atom. The number of rotatable bonds is 7. The van der Waals surface area contributed by atoms with E-state index in [-0.39, 0.29) is 35.7 Å². The molecule has 0 aromatic heterocycles. The van der Waals surface area contributed by atoms with E-state index in [1.807, 2.05) is 54.6 Å². The lowest BCUT2D eigenvalue weighted by Crippen LogP contribution is -2.34. The van der Waals surface area contributed by atoms with Crippen molar-refractivity contribution in [2.75, 3.05) is 11.5 Å².